The smallest absolute Gasteiger partial charge is 0.358 e. The molecule has 0 spiro atoms. The average Bonchev–Trinajstić information content (AvgIpc) is 2.61. The predicted molar refractivity (Wildman–Crippen MR) is 59.4 cm³/mol. The topological polar surface area (TPSA) is 53.4 Å². The standard InChI is InChI=1S/C11H18N2O3/c1-4-15-7-6-13-8-12-10(9(13)3)11(14)16-5-2/h8H,4-7H2,1-3H3. The zero-order valence-electron chi connectivity index (χ0n) is 10.0. The van der Waals surface area contributed by atoms with E-state index in [4.69, 9.17) is 9.47 Å². The Morgan fingerprint density at radius 2 is 2.19 bits per heavy atom. The van der Waals surface area contributed by atoms with E-state index in [-0.39, 0.29) is 5.97 Å². The molecule has 16 heavy (non-hydrogen) atoms. The Morgan fingerprint density at radius 3 is 2.81 bits per heavy atom. The van der Waals surface area contributed by atoms with Gasteiger partial charge < -0.3 is 14.0 Å². The summed E-state index contributed by atoms with van der Waals surface area (Å²) in [6.45, 7) is 7.96. The highest BCUT2D eigenvalue weighted by Crippen LogP contribution is 2.07. The van der Waals surface area contributed by atoms with Gasteiger partial charge in [0.1, 0.15) is 0 Å². The lowest BCUT2D eigenvalue weighted by molar-refractivity contribution is 0.0519. The van der Waals surface area contributed by atoms with Gasteiger partial charge in [0.05, 0.1) is 19.5 Å². The van der Waals surface area contributed by atoms with Crippen molar-refractivity contribution in [3.63, 3.8) is 0 Å². The summed E-state index contributed by atoms with van der Waals surface area (Å²) in [6.07, 6.45) is 1.64. The molecule has 0 radical (unpaired) electrons. The molecule has 1 aromatic heterocycles. The molecular weight excluding hydrogens is 208 g/mol. The number of imidazole rings is 1. The molecule has 0 aliphatic heterocycles. The molecule has 0 atom stereocenters. The summed E-state index contributed by atoms with van der Waals surface area (Å²) in [7, 11) is 0. The number of hydrogen-bond donors (Lipinski definition) is 0. The maximum Gasteiger partial charge on any atom is 0.358 e. The monoisotopic (exact) mass is 226 g/mol. The third-order valence-corrected chi connectivity index (χ3v) is 2.25. The van der Waals surface area contributed by atoms with Gasteiger partial charge in [-0.3, -0.25) is 0 Å². The van der Waals surface area contributed by atoms with E-state index in [0.29, 0.717) is 32.1 Å². The van der Waals surface area contributed by atoms with Crippen LogP contribution in [0, 0.1) is 6.92 Å². The van der Waals surface area contributed by atoms with Crippen molar-refractivity contribution in [2.24, 2.45) is 0 Å². The van der Waals surface area contributed by atoms with Crippen molar-refractivity contribution in [3.05, 3.63) is 17.7 Å². The molecule has 0 bridgehead atoms. The second-order valence-electron chi connectivity index (χ2n) is 3.29. The number of esters is 1. The summed E-state index contributed by atoms with van der Waals surface area (Å²) in [5.74, 6) is -0.366. The molecule has 0 saturated heterocycles. The largest absolute Gasteiger partial charge is 0.461 e. The fourth-order valence-electron chi connectivity index (χ4n) is 1.38. The highest BCUT2D eigenvalue weighted by atomic mass is 16.5. The molecular formula is C11H18N2O3. The lowest BCUT2D eigenvalue weighted by Crippen LogP contribution is -2.10. The van der Waals surface area contributed by atoms with Crippen molar-refractivity contribution in [2.75, 3.05) is 19.8 Å². The second-order valence-corrected chi connectivity index (χ2v) is 3.29. The van der Waals surface area contributed by atoms with Crippen LogP contribution in [0.3, 0.4) is 0 Å². The number of carbonyl (C=O) groups excluding carboxylic acids is 1. The first-order chi connectivity index (χ1) is 7.70. The van der Waals surface area contributed by atoms with E-state index in [2.05, 4.69) is 4.98 Å². The lowest BCUT2D eigenvalue weighted by atomic mass is 10.3. The molecule has 0 saturated carbocycles. The normalized spacial score (nSPS) is 10.4. The number of rotatable bonds is 6. The zero-order chi connectivity index (χ0) is 12.0. The van der Waals surface area contributed by atoms with Crippen molar-refractivity contribution < 1.29 is 14.3 Å². The minimum atomic E-state index is -0.366. The molecule has 0 aromatic carbocycles. The molecule has 5 heteroatoms. The summed E-state index contributed by atoms with van der Waals surface area (Å²) in [5, 5.41) is 0. The molecule has 90 valence electrons. The highest BCUT2D eigenvalue weighted by Gasteiger charge is 2.15. The van der Waals surface area contributed by atoms with Crippen molar-refractivity contribution in [1.82, 2.24) is 9.55 Å². The van der Waals surface area contributed by atoms with Crippen LogP contribution in [0.2, 0.25) is 0 Å². The van der Waals surface area contributed by atoms with Gasteiger partial charge in [-0.1, -0.05) is 0 Å². The average molecular weight is 226 g/mol. The summed E-state index contributed by atoms with van der Waals surface area (Å²) < 4.78 is 12.0. The van der Waals surface area contributed by atoms with Crippen LogP contribution in [0.1, 0.15) is 30.0 Å². The lowest BCUT2D eigenvalue weighted by Gasteiger charge is -2.05. The Hall–Kier alpha value is -1.36. The van der Waals surface area contributed by atoms with Crippen LogP contribution >= 0.6 is 0 Å². The van der Waals surface area contributed by atoms with Gasteiger partial charge in [0.2, 0.25) is 0 Å². The Morgan fingerprint density at radius 1 is 1.44 bits per heavy atom. The van der Waals surface area contributed by atoms with Gasteiger partial charge in [-0.05, 0) is 20.8 Å². The molecule has 0 aliphatic rings. The van der Waals surface area contributed by atoms with E-state index in [1.807, 2.05) is 18.4 Å². The van der Waals surface area contributed by atoms with Gasteiger partial charge >= 0.3 is 5.97 Å². The first kappa shape index (κ1) is 12.7. The van der Waals surface area contributed by atoms with Crippen LogP contribution in [0.15, 0.2) is 6.33 Å². The Balaban J connectivity index is 2.64. The summed E-state index contributed by atoms with van der Waals surface area (Å²) in [6, 6.07) is 0. The van der Waals surface area contributed by atoms with Crippen LogP contribution in [0.25, 0.3) is 0 Å². The van der Waals surface area contributed by atoms with Crippen molar-refractivity contribution >= 4 is 5.97 Å². The van der Waals surface area contributed by atoms with Crippen molar-refractivity contribution in [1.29, 1.82) is 0 Å². The first-order valence-electron chi connectivity index (χ1n) is 5.47. The van der Waals surface area contributed by atoms with Gasteiger partial charge in [0.25, 0.3) is 0 Å². The number of ether oxygens (including phenoxy) is 2. The molecule has 0 amide bonds. The number of carbonyl (C=O) groups is 1. The minimum Gasteiger partial charge on any atom is -0.461 e. The van der Waals surface area contributed by atoms with E-state index < -0.39 is 0 Å². The number of nitrogens with zero attached hydrogens (tertiary/aromatic N) is 2. The third-order valence-electron chi connectivity index (χ3n) is 2.25. The van der Waals surface area contributed by atoms with Gasteiger partial charge in [-0.15, -0.1) is 0 Å². The van der Waals surface area contributed by atoms with E-state index in [1.165, 1.54) is 0 Å². The van der Waals surface area contributed by atoms with Crippen LogP contribution in [-0.4, -0.2) is 35.3 Å². The highest BCUT2D eigenvalue weighted by molar-refractivity contribution is 5.88. The molecule has 0 fully saturated rings. The molecule has 0 N–H and O–H groups in total. The Labute approximate surface area is 95.4 Å². The van der Waals surface area contributed by atoms with E-state index in [0.717, 1.165) is 5.69 Å². The molecule has 1 aromatic rings. The summed E-state index contributed by atoms with van der Waals surface area (Å²) in [5.41, 5.74) is 1.21. The fraction of sp³-hybridized carbons (Fsp3) is 0.636. The van der Waals surface area contributed by atoms with Gasteiger partial charge in [-0.2, -0.15) is 0 Å². The quantitative estimate of drug-likeness (QED) is 0.543. The molecule has 1 heterocycles. The minimum absolute atomic E-state index is 0.365. The number of hydrogen-bond acceptors (Lipinski definition) is 4. The molecule has 5 nitrogen and oxygen atoms in total. The van der Waals surface area contributed by atoms with E-state index in [9.17, 15) is 4.79 Å². The SMILES string of the molecule is CCOCCn1cnc(C(=O)OCC)c1C. The van der Waals surface area contributed by atoms with Crippen LogP contribution in [0.5, 0.6) is 0 Å². The summed E-state index contributed by atoms with van der Waals surface area (Å²) in [4.78, 5) is 15.5. The zero-order valence-corrected chi connectivity index (χ0v) is 10.0. The van der Waals surface area contributed by atoms with E-state index >= 15 is 0 Å². The van der Waals surface area contributed by atoms with Crippen LogP contribution in [0.4, 0.5) is 0 Å². The van der Waals surface area contributed by atoms with Crippen molar-refractivity contribution in [2.45, 2.75) is 27.3 Å². The Bertz CT molecular complexity index is 347. The maximum absolute atomic E-state index is 11.5. The van der Waals surface area contributed by atoms with Crippen LogP contribution < -0.4 is 0 Å². The van der Waals surface area contributed by atoms with Gasteiger partial charge in [0, 0.05) is 18.8 Å². The summed E-state index contributed by atoms with van der Waals surface area (Å²) >= 11 is 0. The van der Waals surface area contributed by atoms with Crippen molar-refractivity contribution in [3.8, 4) is 0 Å². The predicted octanol–water partition coefficient (Wildman–Crippen LogP) is 1.40. The van der Waals surface area contributed by atoms with E-state index in [1.54, 1.807) is 13.3 Å². The third kappa shape index (κ3) is 3.06. The number of aromatic nitrogens is 2. The second kappa shape index (κ2) is 6.27. The molecule has 0 aliphatic carbocycles. The maximum atomic E-state index is 11.5. The van der Waals surface area contributed by atoms with Gasteiger partial charge in [0.15, 0.2) is 5.69 Å². The Kier molecular flexibility index (Phi) is 4.98. The molecule has 1 rings (SSSR count). The van der Waals surface area contributed by atoms with Gasteiger partial charge in [-0.25, -0.2) is 9.78 Å². The van der Waals surface area contributed by atoms with Crippen LogP contribution in [-0.2, 0) is 16.0 Å². The fourth-order valence-corrected chi connectivity index (χ4v) is 1.38. The first-order valence-corrected chi connectivity index (χ1v) is 5.47. The molecule has 0 unspecified atom stereocenters.